The molecule has 0 radical (unpaired) electrons. The van der Waals surface area contributed by atoms with Crippen molar-refractivity contribution < 1.29 is 17.6 Å². The van der Waals surface area contributed by atoms with Gasteiger partial charge in [0.25, 0.3) is 15.9 Å². The average Bonchev–Trinajstić information content (AvgIpc) is 3.10. The summed E-state index contributed by atoms with van der Waals surface area (Å²) >= 11 is 0. The first-order valence-electron chi connectivity index (χ1n) is 8.78. The molecule has 1 amide bonds. The molecular weight excluding hydrogens is 369 g/mol. The lowest BCUT2D eigenvalue weighted by molar-refractivity contribution is 0.0928. The molecule has 0 spiro atoms. The molecule has 2 atom stereocenters. The number of anilines is 1. The van der Waals surface area contributed by atoms with Crippen molar-refractivity contribution in [3.05, 3.63) is 59.9 Å². The Kier molecular flexibility index (Phi) is 5.76. The lowest BCUT2D eigenvalue weighted by Crippen LogP contribution is -2.39. The summed E-state index contributed by atoms with van der Waals surface area (Å²) < 4.78 is 40.5. The number of hydrogen-bond donors (Lipinski definition) is 3. The molecule has 2 unspecified atom stereocenters. The van der Waals surface area contributed by atoms with Crippen LogP contribution >= 0.6 is 0 Å². The molecule has 0 bridgehead atoms. The third kappa shape index (κ3) is 4.64. The zero-order valence-electron chi connectivity index (χ0n) is 14.7. The van der Waals surface area contributed by atoms with Crippen LogP contribution in [0.3, 0.4) is 0 Å². The molecule has 0 heterocycles. The average molecular weight is 391 g/mol. The zero-order valence-corrected chi connectivity index (χ0v) is 15.5. The van der Waals surface area contributed by atoms with Gasteiger partial charge in [-0.1, -0.05) is 12.5 Å². The van der Waals surface area contributed by atoms with Crippen molar-refractivity contribution in [2.24, 2.45) is 11.7 Å². The van der Waals surface area contributed by atoms with E-state index in [1.807, 2.05) is 0 Å². The third-order valence-electron chi connectivity index (χ3n) is 4.78. The van der Waals surface area contributed by atoms with Crippen molar-refractivity contribution in [1.29, 1.82) is 0 Å². The monoisotopic (exact) mass is 391 g/mol. The summed E-state index contributed by atoms with van der Waals surface area (Å²) in [5.74, 6) is -0.528. The SMILES string of the molecule is NCC1CCCC1NC(=O)c1cccc(S(=O)(=O)Nc2ccc(F)cc2)c1. The first-order chi connectivity index (χ1) is 12.9. The summed E-state index contributed by atoms with van der Waals surface area (Å²) in [5, 5.41) is 2.95. The Morgan fingerprint density at radius 2 is 1.89 bits per heavy atom. The van der Waals surface area contributed by atoms with E-state index < -0.39 is 15.8 Å². The minimum absolute atomic E-state index is 0.0140. The van der Waals surface area contributed by atoms with Crippen molar-refractivity contribution in [2.75, 3.05) is 11.3 Å². The number of amides is 1. The van der Waals surface area contributed by atoms with Gasteiger partial charge in [0.1, 0.15) is 5.82 Å². The fourth-order valence-corrected chi connectivity index (χ4v) is 4.40. The third-order valence-corrected chi connectivity index (χ3v) is 6.16. The highest BCUT2D eigenvalue weighted by Gasteiger charge is 2.28. The Morgan fingerprint density at radius 1 is 1.15 bits per heavy atom. The molecule has 1 saturated carbocycles. The number of carbonyl (C=O) groups is 1. The molecule has 8 heteroatoms. The molecule has 1 aliphatic rings. The molecule has 27 heavy (non-hydrogen) atoms. The summed E-state index contributed by atoms with van der Waals surface area (Å²) in [6, 6.07) is 10.8. The Labute approximate surface area is 158 Å². The topological polar surface area (TPSA) is 101 Å². The lowest BCUT2D eigenvalue weighted by Gasteiger charge is -2.19. The molecule has 0 aromatic heterocycles. The van der Waals surface area contributed by atoms with Crippen LogP contribution in [0.25, 0.3) is 0 Å². The molecule has 1 fully saturated rings. The van der Waals surface area contributed by atoms with Gasteiger partial charge in [-0.25, -0.2) is 12.8 Å². The van der Waals surface area contributed by atoms with Gasteiger partial charge in [0, 0.05) is 17.3 Å². The molecule has 0 saturated heterocycles. The maximum atomic E-state index is 13.0. The molecule has 4 N–H and O–H groups in total. The summed E-state index contributed by atoms with van der Waals surface area (Å²) in [4.78, 5) is 12.5. The molecule has 3 rings (SSSR count). The van der Waals surface area contributed by atoms with Crippen LogP contribution in [0.1, 0.15) is 29.6 Å². The summed E-state index contributed by atoms with van der Waals surface area (Å²) in [6.45, 7) is 0.515. The van der Waals surface area contributed by atoms with Gasteiger partial charge in [-0.2, -0.15) is 0 Å². The molecule has 0 aliphatic heterocycles. The van der Waals surface area contributed by atoms with Crippen LogP contribution in [0.15, 0.2) is 53.4 Å². The van der Waals surface area contributed by atoms with Crippen molar-refractivity contribution in [3.8, 4) is 0 Å². The van der Waals surface area contributed by atoms with E-state index in [0.29, 0.717) is 6.54 Å². The number of benzene rings is 2. The Balaban J connectivity index is 1.76. The van der Waals surface area contributed by atoms with E-state index in [4.69, 9.17) is 5.73 Å². The summed E-state index contributed by atoms with van der Waals surface area (Å²) in [7, 11) is -3.90. The van der Waals surface area contributed by atoms with Crippen LogP contribution in [-0.2, 0) is 10.0 Å². The van der Waals surface area contributed by atoms with Crippen molar-refractivity contribution in [2.45, 2.75) is 30.2 Å². The highest BCUT2D eigenvalue weighted by atomic mass is 32.2. The fraction of sp³-hybridized carbons (Fsp3) is 0.316. The maximum absolute atomic E-state index is 13.0. The predicted octanol–water partition coefficient (Wildman–Crippen LogP) is 2.48. The molecule has 6 nitrogen and oxygen atoms in total. The van der Waals surface area contributed by atoms with Gasteiger partial charge in [0.05, 0.1) is 4.90 Å². The first kappa shape index (κ1) is 19.3. The molecular formula is C19H22FN3O3S. The first-order valence-corrected chi connectivity index (χ1v) is 10.3. The summed E-state index contributed by atoms with van der Waals surface area (Å²) in [6.07, 6.45) is 2.87. The van der Waals surface area contributed by atoms with E-state index in [1.54, 1.807) is 6.07 Å². The number of sulfonamides is 1. The lowest BCUT2D eigenvalue weighted by atomic mass is 10.0. The van der Waals surface area contributed by atoms with E-state index in [-0.39, 0.29) is 34.0 Å². The fourth-order valence-electron chi connectivity index (χ4n) is 3.30. The van der Waals surface area contributed by atoms with Crippen LogP contribution in [0.5, 0.6) is 0 Å². The Morgan fingerprint density at radius 3 is 2.59 bits per heavy atom. The van der Waals surface area contributed by atoms with Gasteiger partial charge in [-0.3, -0.25) is 9.52 Å². The smallest absolute Gasteiger partial charge is 0.261 e. The second-order valence-corrected chi connectivity index (χ2v) is 8.33. The van der Waals surface area contributed by atoms with E-state index in [2.05, 4.69) is 10.0 Å². The minimum Gasteiger partial charge on any atom is -0.349 e. The van der Waals surface area contributed by atoms with Gasteiger partial charge in [-0.15, -0.1) is 0 Å². The largest absolute Gasteiger partial charge is 0.349 e. The van der Waals surface area contributed by atoms with Gasteiger partial charge in [0.2, 0.25) is 0 Å². The van der Waals surface area contributed by atoms with Crippen LogP contribution in [0, 0.1) is 11.7 Å². The quantitative estimate of drug-likeness (QED) is 0.704. The molecule has 2 aromatic carbocycles. The van der Waals surface area contributed by atoms with Gasteiger partial charge in [-0.05, 0) is 67.8 Å². The van der Waals surface area contributed by atoms with E-state index in [9.17, 15) is 17.6 Å². The normalized spacial score (nSPS) is 19.6. The van der Waals surface area contributed by atoms with Gasteiger partial charge < -0.3 is 11.1 Å². The van der Waals surface area contributed by atoms with Crippen molar-refractivity contribution in [3.63, 3.8) is 0 Å². The molecule has 2 aromatic rings. The van der Waals surface area contributed by atoms with Crippen molar-refractivity contribution in [1.82, 2.24) is 5.32 Å². The van der Waals surface area contributed by atoms with E-state index in [0.717, 1.165) is 31.4 Å². The number of nitrogens with two attached hydrogens (primary N) is 1. The molecule has 1 aliphatic carbocycles. The second-order valence-electron chi connectivity index (χ2n) is 6.65. The highest BCUT2D eigenvalue weighted by molar-refractivity contribution is 7.92. The predicted molar refractivity (Wildman–Crippen MR) is 101 cm³/mol. The highest BCUT2D eigenvalue weighted by Crippen LogP contribution is 2.25. The van der Waals surface area contributed by atoms with Gasteiger partial charge >= 0.3 is 0 Å². The van der Waals surface area contributed by atoms with Crippen LogP contribution in [-0.4, -0.2) is 26.9 Å². The van der Waals surface area contributed by atoms with Gasteiger partial charge in [0.15, 0.2) is 0 Å². The van der Waals surface area contributed by atoms with E-state index >= 15 is 0 Å². The van der Waals surface area contributed by atoms with Crippen LogP contribution in [0.4, 0.5) is 10.1 Å². The summed E-state index contributed by atoms with van der Waals surface area (Å²) in [5.41, 5.74) is 6.24. The number of nitrogens with one attached hydrogen (secondary N) is 2. The van der Waals surface area contributed by atoms with Crippen LogP contribution in [0.2, 0.25) is 0 Å². The second kappa shape index (κ2) is 8.06. The number of rotatable bonds is 6. The minimum atomic E-state index is -3.90. The van der Waals surface area contributed by atoms with E-state index in [1.165, 1.54) is 30.3 Å². The number of carbonyl (C=O) groups excluding carboxylic acids is 1. The molecule has 144 valence electrons. The van der Waals surface area contributed by atoms with Crippen LogP contribution < -0.4 is 15.8 Å². The standard InChI is InChI=1S/C19H22FN3O3S/c20-15-7-9-16(10-8-15)23-27(25,26)17-5-1-3-13(11-17)19(24)22-18-6-2-4-14(18)12-21/h1,3,5,7-11,14,18,23H,2,4,6,12,21H2,(H,22,24). The van der Waals surface area contributed by atoms with Crippen molar-refractivity contribution >= 4 is 21.6 Å². The Hall–Kier alpha value is -2.45. The number of halogens is 1. The Bertz CT molecular complexity index is 916. The number of hydrogen-bond acceptors (Lipinski definition) is 4. The zero-order chi connectivity index (χ0) is 19.4. The maximum Gasteiger partial charge on any atom is 0.261 e.